The van der Waals surface area contributed by atoms with Gasteiger partial charge in [0.2, 0.25) is 5.91 Å². The average molecular weight is 318 g/mol. The van der Waals surface area contributed by atoms with Gasteiger partial charge in [-0.1, -0.05) is 12.1 Å². The molecular weight excluding hydrogens is 303 g/mol. The minimum atomic E-state index is -0.725. The van der Waals surface area contributed by atoms with Gasteiger partial charge in [-0.25, -0.2) is 14.4 Å². The molecular formula is C15H15FN4OS. The molecule has 1 aromatic heterocycles. The van der Waals surface area contributed by atoms with Gasteiger partial charge >= 0.3 is 0 Å². The molecule has 0 spiro atoms. The third-order valence-electron chi connectivity index (χ3n) is 3.68. The van der Waals surface area contributed by atoms with Crippen molar-refractivity contribution in [2.45, 2.75) is 18.9 Å². The van der Waals surface area contributed by atoms with Crippen LogP contribution in [-0.2, 0) is 10.3 Å². The van der Waals surface area contributed by atoms with Crippen molar-refractivity contribution in [3.8, 4) is 10.6 Å². The normalized spacial score (nSPS) is 21.9. The van der Waals surface area contributed by atoms with Gasteiger partial charge in [0.15, 0.2) is 5.96 Å². The Morgan fingerprint density at radius 3 is 2.91 bits per heavy atom. The maximum Gasteiger partial charge on any atom is 0.231 e. The second-order valence-electron chi connectivity index (χ2n) is 5.41. The number of rotatable bonds is 2. The summed E-state index contributed by atoms with van der Waals surface area (Å²) in [5, 5.41) is 0.691. The van der Waals surface area contributed by atoms with Crippen molar-refractivity contribution >= 4 is 23.2 Å². The molecule has 1 amide bonds. The van der Waals surface area contributed by atoms with E-state index in [9.17, 15) is 9.18 Å². The topological polar surface area (TPSA) is 71.6 Å². The molecule has 2 heterocycles. The van der Waals surface area contributed by atoms with Gasteiger partial charge in [-0.15, -0.1) is 11.3 Å². The third kappa shape index (κ3) is 2.48. The van der Waals surface area contributed by atoms with Crippen LogP contribution in [-0.4, -0.2) is 28.8 Å². The third-order valence-corrected chi connectivity index (χ3v) is 4.98. The standard InChI is InChI=1S/C15H15FN4OS/c1-15(7-12(21)20(2)14(17)19-15)11-8-18-13(22-11)9-4-3-5-10(16)6-9/h3-6,8H,7H2,1-2H3,(H2,17,19)/t15-/m0/s1. The summed E-state index contributed by atoms with van der Waals surface area (Å²) in [6, 6.07) is 6.26. The van der Waals surface area contributed by atoms with Crippen LogP contribution < -0.4 is 5.73 Å². The molecule has 0 saturated heterocycles. The summed E-state index contributed by atoms with van der Waals surface area (Å²) in [7, 11) is 1.60. The Balaban J connectivity index is 1.99. The molecule has 1 atom stereocenters. The van der Waals surface area contributed by atoms with Gasteiger partial charge in [0.25, 0.3) is 0 Å². The highest BCUT2D eigenvalue weighted by Crippen LogP contribution is 2.38. The number of halogens is 1. The largest absolute Gasteiger partial charge is 0.369 e. The molecule has 1 aliphatic heterocycles. The molecule has 7 heteroatoms. The molecule has 0 aliphatic carbocycles. The number of hydrogen-bond donors (Lipinski definition) is 1. The lowest BCUT2D eigenvalue weighted by molar-refractivity contribution is -0.128. The first-order chi connectivity index (χ1) is 10.4. The fraction of sp³-hybridized carbons (Fsp3) is 0.267. The Morgan fingerprint density at radius 2 is 2.23 bits per heavy atom. The quantitative estimate of drug-likeness (QED) is 0.924. The Hall–Kier alpha value is -2.28. The molecule has 1 aliphatic rings. The van der Waals surface area contributed by atoms with Crippen molar-refractivity contribution < 1.29 is 9.18 Å². The number of carbonyl (C=O) groups is 1. The number of benzene rings is 1. The van der Waals surface area contributed by atoms with Gasteiger partial charge in [-0.3, -0.25) is 9.69 Å². The summed E-state index contributed by atoms with van der Waals surface area (Å²) in [5.74, 6) is -0.202. The lowest BCUT2D eigenvalue weighted by Crippen LogP contribution is -2.47. The number of guanidine groups is 1. The van der Waals surface area contributed by atoms with Crippen LogP contribution in [0.1, 0.15) is 18.2 Å². The number of aliphatic imine (C=N–C) groups is 1. The number of nitrogens with two attached hydrogens (primary N) is 1. The number of thiazole rings is 1. The first-order valence-electron chi connectivity index (χ1n) is 6.73. The van der Waals surface area contributed by atoms with Crippen LogP contribution in [0.15, 0.2) is 35.5 Å². The molecule has 3 rings (SSSR count). The zero-order valence-corrected chi connectivity index (χ0v) is 13.0. The fourth-order valence-electron chi connectivity index (χ4n) is 2.33. The van der Waals surface area contributed by atoms with Gasteiger partial charge in [-0.2, -0.15) is 0 Å². The maximum absolute atomic E-state index is 13.3. The van der Waals surface area contributed by atoms with E-state index in [-0.39, 0.29) is 24.1 Å². The highest BCUT2D eigenvalue weighted by Gasteiger charge is 2.37. The summed E-state index contributed by atoms with van der Waals surface area (Å²) >= 11 is 1.39. The van der Waals surface area contributed by atoms with Crippen molar-refractivity contribution in [1.29, 1.82) is 0 Å². The summed E-state index contributed by atoms with van der Waals surface area (Å²) in [5.41, 5.74) is 5.79. The van der Waals surface area contributed by atoms with Crippen LogP contribution in [0.3, 0.4) is 0 Å². The molecule has 1 aromatic carbocycles. The van der Waals surface area contributed by atoms with Gasteiger partial charge in [0, 0.05) is 18.8 Å². The lowest BCUT2D eigenvalue weighted by Gasteiger charge is -2.32. The van der Waals surface area contributed by atoms with Crippen molar-refractivity contribution in [1.82, 2.24) is 9.88 Å². The van der Waals surface area contributed by atoms with E-state index in [1.165, 1.54) is 28.4 Å². The molecule has 2 aromatic rings. The predicted molar refractivity (Wildman–Crippen MR) is 83.9 cm³/mol. The van der Waals surface area contributed by atoms with Gasteiger partial charge in [0.1, 0.15) is 16.4 Å². The van der Waals surface area contributed by atoms with Gasteiger partial charge < -0.3 is 5.73 Å². The average Bonchev–Trinajstić information content (AvgIpc) is 2.95. The predicted octanol–water partition coefficient (Wildman–Crippen LogP) is 2.34. The number of hydrogen-bond acceptors (Lipinski definition) is 5. The smallest absolute Gasteiger partial charge is 0.231 e. The van der Waals surface area contributed by atoms with E-state index < -0.39 is 5.54 Å². The fourth-order valence-corrected chi connectivity index (χ4v) is 3.33. The number of aromatic nitrogens is 1. The Labute approximate surface area is 131 Å². The van der Waals surface area contributed by atoms with Crippen LogP contribution in [0.25, 0.3) is 10.6 Å². The maximum atomic E-state index is 13.3. The van der Waals surface area contributed by atoms with E-state index in [1.807, 2.05) is 6.92 Å². The second kappa shape index (κ2) is 5.17. The van der Waals surface area contributed by atoms with E-state index in [1.54, 1.807) is 25.4 Å². The Bertz CT molecular complexity index is 772. The first-order valence-corrected chi connectivity index (χ1v) is 7.55. The summed E-state index contributed by atoms with van der Waals surface area (Å²) < 4.78 is 13.3. The number of amides is 1. The van der Waals surface area contributed by atoms with Crippen LogP contribution in [0.2, 0.25) is 0 Å². The molecule has 0 radical (unpaired) electrons. The Morgan fingerprint density at radius 1 is 1.45 bits per heavy atom. The van der Waals surface area contributed by atoms with Gasteiger partial charge in [0.05, 0.1) is 11.3 Å². The number of carbonyl (C=O) groups excluding carboxylic acids is 1. The van der Waals surface area contributed by atoms with Crippen LogP contribution >= 0.6 is 11.3 Å². The highest BCUT2D eigenvalue weighted by molar-refractivity contribution is 7.15. The molecule has 0 fully saturated rings. The summed E-state index contributed by atoms with van der Waals surface area (Å²) in [6.45, 7) is 1.85. The van der Waals surface area contributed by atoms with Gasteiger partial charge in [-0.05, 0) is 19.1 Å². The Kier molecular flexibility index (Phi) is 3.44. The monoisotopic (exact) mass is 318 g/mol. The van der Waals surface area contributed by atoms with E-state index in [0.29, 0.717) is 10.6 Å². The van der Waals surface area contributed by atoms with E-state index >= 15 is 0 Å². The molecule has 5 nitrogen and oxygen atoms in total. The molecule has 0 unspecified atom stereocenters. The molecule has 22 heavy (non-hydrogen) atoms. The first kappa shape index (κ1) is 14.6. The minimum absolute atomic E-state index is 0.0873. The zero-order valence-electron chi connectivity index (χ0n) is 12.2. The summed E-state index contributed by atoms with van der Waals surface area (Å²) in [6.07, 6.45) is 1.91. The van der Waals surface area contributed by atoms with Crippen molar-refractivity contribution in [3.05, 3.63) is 41.2 Å². The van der Waals surface area contributed by atoms with Crippen LogP contribution in [0.4, 0.5) is 4.39 Å². The van der Waals surface area contributed by atoms with E-state index in [0.717, 1.165) is 4.88 Å². The zero-order chi connectivity index (χ0) is 15.9. The van der Waals surface area contributed by atoms with E-state index in [4.69, 9.17) is 5.73 Å². The second-order valence-corrected chi connectivity index (χ2v) is 6.44. The highest BCUT2D eigenvalue weighted by atomic mass is 32.1. The van der Waals surface area contributed by atoms with E-state index in [2.05, 4.69) is 9.98 Å². The molecule has 0 bridgehead atoms. The SMILES string of the molecule is CN1C(=O)C[C@@](C)(c2cnc(-c3cccc(F)c3)s2)N=C1N. The van der Waals surface area contributed by atoms with Crippen LogP contribution in [0, 0.1) is 5.82 Å². The summed E-state index contributed by atoms with van der Waals surface area (Å²) in [4.78, 5) is 23.0. The minimum Gasteiger partial charge on any atom is -0.369 e. The molecule has 0 saturated carbocycles. The van der Waals surface area contributed by atoms with Crippen molar-refractivity contribution in [3.63, 3.8) is 0 Å². The lowest BCUT2D eigenvalue weighted by atomic mass is 9.95. The molecule has 114 valence electrons. The van der Waals surface area contributed by atoms with Crippen molar-refractivity contribution in [2.75, 3.05) is 7.05 Å². The number of nitrogens with zero attached hydrogens (tertiary/aromatic N) is 3. The van der Waals surface area contributed by atoms with Crippen molar-refractivity contribution in [2.24, 2.45) is 10.7 Å². The van der Waals surface area contributed by atoms with Crippen LogP contribution in [0.5, 0.6) is 0 Å². The molecule has 2 N–H and O–H groups in total.